The van der Waals surface area contributed by atoms with Crippen molar-refractivity contribution >= 4 is 11.8 Å². The van der Waals surface area contributed by atoms with Crippen molar-refractivity contribution in [1.82, 2.24) is 10.6 Å². The molecule has 2 amide bonds. The molecular formula is C13H26N2O3. The molecule has 5 heteroatoms. The van der Waals surface area contributed by atoms with E-state index in [-0.39, 0.29) is 18.4 Å². The van der Waals surface area contributed by atoms with Gasteiger partial charge in [-0.15, -0.1) is 0 Å². The quantitative estimate of drug-likeness (QED) is 0.539. The fraction of sp³-hybridized carbons (Fsp3) is 0.846. The summed E-state index contributed by atoms with van der Waals surface area (Å²) >= 11 is 0. The number of carbonyl (C=O) groups is 2. The molecule has 0 aromatic carbocycles. The van der Waals surface area contributed by atoms with Gasteiger partial charge in [-0.05, 0) is 26.2 Å². The fourth-order valence-corrected chi connectivity index (χ4v) is 1.49. The molecule has 0 radical (unpaired) electrons. The number of hydrogen-bond acceptors (Lipinski definition) is 3. The number of unbranched alkanes of at least 4 members (excludes halogenated alkanes) is 2. The Kier molecular flexibility index (Phi) is 8.37. The first-order valence-corrected chi connectivity index (χ1v) is 6.60. The molecule has 5 nitrogen and oxygen atoms in total. The third-order valence-electron chi connectivity index (χ3n) is 3.03. The maximum atomic E-state index is 11.6. The summed E-state index contributed by atoms with van der Waals surface area (Å²) in [5.41, 5.74) is -0.507. The Morgan fingerprint density at radius 1 is 1.22 bits per heavy atom. The second-order valence-electron chi connectivity index (χ2n) is 4.91. The molecule has 0 saturated carbocycles. The lowest BCUT2D eigenvalue weighted by molar-refractivity contribution is -0.123. The first-order valence-electron chi connectivity index (χ1n) is 6.60. The molecule has 0 aromatic rings. The van der Waals surface area contributed by atoms with Crippen LogP contribution < -0.4 is 10.6 Å². The largest absolute Gasteiger partial charge is 0.394 e. The summed E-state index contributed by atoms with van der Waals surface area (Å²) in [5.74, 6) is -0.0395. The highest BCUT2D eigenvalue weighted by atomic mass is 16.3. The Morgan fingerprint density at radius 2 is 1.89 bits per heavy atom. The van der Waals surface area contributed by atoms with E-state index < -0.39 is 5.54 Å². The predicted octanol–water partition coefficient (Wildman–Crippen LogP) is 0.960. The number of rotatable bonds is 9. The number of nitrogens with one attached hydrogen (secondary N) is 2. The average Bonchev–Trinajstić information content (AvgIpc) is 2.33. The van der Waals surface area contributed by atoms with Crippen molar-refractivity contribution in [3.63, 3.8) is 0 Å². The van der Waals surface area contributed by atoms with Crippen LogP contribution in [0.1, 0.15) is 52.9 Å². The van der Waals surface area contributed by atoms with Gasteiger partial charge < -0.3 is 15.7 Å². The summed E-state index contributed by atoms with van der Waals surface area (Å²) in [7, 11) is 0. The van der Waals surface area contributed by atoms with Gasteiger partial charge in [0, 0.05) is 19.9 Å². The topological polar surface area (TPSA) is 78.4 Å². The van der Waals surface area contributed by atoms with Gasteiger partial charge in [0.25, 0.3) is 0 Å². The molecule has 0 aromatic heterocycles. The van der Waals surface area contributed by atoms with Crippen LogP contribution in [-0.2, 0) is 9.59 Å². The number of carbonyl (C=O) groups excluding carboxylic acids is 2. The predicted molar refractivity (Wildman–Crippen MR) is 71.1 cm³/mol. The van der Waals surface area contributed by atoms with Gasteiger partial charge in [-0.25, -0.2) is 0 Å². The van der Waals surface area contributed by atoms with Crippen LogP contribution in [-0.4, -0.2) is 35.6 Å². The highest BCUT2D eigenvalue weighted by Crippen LogP contribution is 2.09. The number of hydrogen-bond donors (Lipinski definition) is 3. The van der Waals surface area contributed by atoms with E-state index in [1.807, 2.05) is 13.8 Å². The molecule has 0 spiro atoms. The molecule has 0 fully saturated rings. The molecule has 0 rings (SSSR count). The molecule has 0 bridgehead atoms. The van der Waals surface area contributed by atoms with Gasteiger partial charge in [-0.2, -0.15) is 0 Å². The van der Waals surface area contributed by atoms with Crippen LogP contribution in [0.4, 0.5) is 0 Å². The normalized spacial score (nSPS) is 13.8. The van der Waals surface area contributed by atoms with E-state index in [1.165, 1.54) is 6.92 Å². The van der Waals surface area contributed by atoms with Crippen molar-refractivity contribution in [3.8, 4) is 0 Å². The lowest BCUT2D eigenvalue weighted by Crippen LogP contribution is -2.48. The van der Waals surface area contributed by atoms with Gasteiger partial charge in [0.15, 0.2) is 0 Å². The Balaban J connectivity index is 3.62. The van der Waals surface area contributed by atoms with Crippen molar-refractivity contribution in [2.75, 3.05) is 13.2 Å². The summed E-state index contributed by atoms with van der Waals surface area (Å²) < 4.78 is 0. The molecule has 0 aliphatic heterocycles. The zero-order valence-corrected chi connectivity index (χ0v) is 11.7. The fourth-order valence-electron chi connectivity index (χ4n) is 1.49. The third kappa shape index (κ3) is 8.06. The van der Waals surface area contributed by atoms with Gasteiger partial charge in [-0.3, -0.25) is 9.59 Å². The maximum absolute atomic E-state index is 11.6. The summed E-state index contributed by atoms with van der Waals surface area (Å²) in [5, 5.41) is 14.7. The summed E-state index contributed by atoms with van der Waals surface area (Å²) in [4.78, 5) is 22.2. The average molecular weight is 258 g/mol. The van der Waals surface area contributed by atoms with Gasteiger partial charge >= 0.3 is 0 Å². The van der Waals surface area contributed by atoms with Crippen molar-refractivity contribution < 1.29 is 14.7 Å². The maximum Gasteiger partial charge on any atom is 0.220 e. The van der Waals surface area contributed by atoms with E-state index >= 15 is 0 Å². The molecule has 18 heavy (non-hydrogen) atoms. The third-order valence-corrected chi connectivity index (χ3v) is 3.03. The molecular weight excluding hydrogens is 232 g/mol. The SMILES string of the molecule is CCC(C)(CO)NC(=O)CCCCCNC(C)=O. The number of aliphatic hydroxyl groups excluding tert-OH is 1. The minimum Gasteiger partial charge on any atom is -0.394 e. The molecule has 3 N–H and O–H groups in total. The van der Waals surface area contributed by atoms with Crippen LogP contribution in [0.5, 0.6) is 0 Å². The summed E-state index contributed by atoms with van der Waals surface area (Å²) in [6, 6.07) is 0. The minimum absolute atomic E-state index is 0.0191. The standard InChI is InChI=1S/C13H26N2O3/c1-4-13(3,10-16)15-12(18)8-6-5-7-9-14-11(2)17/h16H,4-10H2,1-3H3,(H,14,17)(H,15,18). The van der Waals surface area contributed by atoms with E-state index in [4.69, 9.17) is 0 Å². The summed E-state index contributed by atoms with van der Waals surface area (Å²) in [6.07, 6.45) is 3.78. The highest BCUT2D eigenvalue weighted by Gasteiger charge is 2.22. The van der Waals surface area contributed by atoms with E-state index in [0.717, 1.165) is 19.3 Å². The highest BCUT2D eigenvalue weighted by molar-refractivity contribution is 5.76. The molecule has 1 atom stereocenters. The number of aliphatic hydroxyl groups is 1. The molecule has 1 unspecified atom stereocenters. The Morgan fingerprint density at radius 3 is 2.39 bits per heavy atom. The molecule has 0 heterocycles. The van der Waals surface area contributed by atoms with Crippen LogP contribution in [0.3, 0.4) is 0 Å². The first-order chi connectivity index (χ1) is 8.43. The van der Waals surface area contributed by atoms with E-state index in [9.17, 15) is 14.7 Å². The lowest BCUT2D eigenvalue weighted by Gasteiger charge is -2.27. The number of amides is 2. The first kappa shape index (κ1) is 16.9. The van der Waals surface area contributed by atoms with Crippen LogP contribution in [0.25, 0.3) is 0 Å². The monoisotopic (exact) mass is 258 g/mol. The van der Waals surface area contributed by atoms with E-state index in [0.29, 0.717) is 19.4 Å². The van der Waals surface area contributed by atoms with Crippen LogP contribution >= 0.6 is 0 Å². The smallest absolute Gasteiger partial charge is 0.220 e. The Bertz CT molecular complexity index is 263. The second kappa shape index (κ2) is 8.91. The molecule has 106 valence electrons. The van der Waals surface area contributed by atoms with Crippen LogP contribution in [0.15, 0.2) is 0 Å². The van der Waals surface area contributed by atoms with Gasteiger partial charge in [0.2, 0.25) is 11.8 Å². The van der Waals surface area contributed by atoms with Crippen molar-refractivity contribution in [1.29, 1.82) is 0 Å². The van der Waals surface area contributed by atoms with Crippen LogP contribution in [0, 0.1) is 0 Å². The molecule has 0 aliphatic carbocycles. The Hall–Kier alpha value is -1.10. The second-order valence-corrected chi connectivity index (χ2v) is 4.91. The van der Waals surface area contributed by atoms with Crippen LogP contribution in [0.2, 0.25) is 0 Å². The molecule has 0 saturated heterocycles. The minimum atomic E-state index is -0.507. The summed E-state index contributed by atoms with van der Waals surface area (Å²) in [6.45, 7) is 5.89. The zero-order chi connectivity index (χ0) is 14.0. The van der Waals surface area contributed by atoms with Gasteiger partial charge in [-0.1, -0.05) is 13.3 Å². The van der Waals surface area contributed by atoms with E-state index in [1.54, 1.807) is 0 Å². The Labute approximate surface area is 109 Å². The van der Waals surface area contributed by atoms with Crippen molar-refractivity contribution in [3.05, 3.63) is 0 Å². The lowest BCUT2D eigenvalue weighted by atomic mass is 10.00. The van der Waals surface area contributed by atoms with Gasteiger partial charge in [0.05, 0.1) is 12.1 Å². The molecule has 0 aliphatic rings. The van der Waals surface area contributed by atoms with E-state index in [2.05, 4.69) is 10.6 Å². The van der Waals surface area contributed by atoms with Crippen molar-refractivity contribution in [2.24, 2.45) is 0 Å². The van der Waals surface area contributed by atoms with Crippen molar-refractivity contribution in [2.45, 2.75) is 58.4 Å². The van der Waals surface area contributed by atoms with Gasteiger partial charge in [0.1, 0.15) is 0 Å². The zero-order valence-electron chi connectivity index (χ0n) is 11.7.